The van der Waals surface area contributed by atoms with Crippen LogP contribution >= 0.6 is 0 Å². The monoisotopic (exact) mass is 308 g/mol. The molecule has 2 atom stereocenters. The maximum Gasteiger partial charge on any atom is 0.166 e. The van der Waals surface area contributed by atoms with Gasteiger partial charge in [0.15, 0.2) is 15.6 Å². The molecule has 0 amide bonds. The Labute approximate surface area is 125 Å². The lowest BCUT2D eigenvalue weighted by Crippen LogP contribution is -2.36. The molecule has 3 rings (SSSR count). The van der Waals surface area contributed by atoms with Crippen LogP contribution in [0.25, 0.3) is 0 Å². The Morgan fingerprint density at radius 1 is 1.14 bits per heavy atom. The molecular formula is C16H20O4S. The van der Waals surface area contributed by atoms with Gasteiger partial charge in [-0.15, -0.1) is 0 Å². The molecule has 2 saturated heterocycles. The largest absolute Gasteiger partial charge is 0.494 e. The third-order valence-electron chi connectivity index (χ3n) is 4.66. The standard InChI is InChI=1S/C16H20O4S/c1-2-20-13-5-3-11(4-6-13)16(17)12-9-14-7-8-15(10-12)21(14,18)19/h3-6,12,14-15H,2,7-10H2,1H3. The van der Waals surface area contributed by atoms with E-state index in [0.29, 0.717) is 25.0 Å². The minimum Gasteiger partial charge on any atom is -0.494 e. The molecule has 2 bridgehead atoms. The lowest BCUT2D eigenvalue weighted by atomic mass is 9.90. The second-order valence-corrected chi connectivity index (χ2v) is 8.41. The maximum atomic E-state index is 12.6. The van der Waals surface area contributed by atoms with E-state index in [1.165, 1.54) is 0 Å². The highest BCUT2D eigenvalue weighted by Crippen LogP contribution is 2.42. The molecule has 0 N–H and O–H groups in total. The molecule has 0 saturated carbocycles. The van der Waals surface area contributed by atoms with Crippen LogP contribution < -0.4 is 4.74 Å². The minimum atomic E-state index is -2.96. The highest BCUT2D eigenvalue weighted by Gasteiger charge is 2.48. The van der Waals surface area contributed by atoms with E-state index in [1.807, 2.05) is 6.92 Å². The normalized spacial score (nSPS) is 30.0. The zero-order valence-electron chi connectivity index (χ0n) is 12.1. The fourth-order valence-electron chi connectivity index (χ4n) is 3.54. The Balaban J connectivity index is 1.75. The summed E-state index contributed by atoms with van der Waals surface area (Å²) in [6.45, 7) is 2.51. The van der Waals surface area contributed by atoms with Crippen LogP contribution in [-0.2, 0) is 9.84 Å². The third kappa shape index (κ3) is 2.59. The molecule has 0 aliphatic carbocycles. The first kappa shape index (κ1) is 14.6. The van der Waals surface area contributed by atoms with Gasteiger partial charge < -0.3 is 4.74 Å². The zero-order chi connectivity index (χ0) is 15.0. The summed E-state index contributed by atoms with van der Waals surface area (Å²) < 4.78 is 29.5. The first-order valence-corrected chi connectivity index (χ1v) is 9.13. The summed E-state index contributed by atoms with van der Waals surface area (Å²) in [6, 6.07) is 7.15. The molecule has 1 aromatic carbocycles. The summed E-state index contributed by atoms with van der Waals surface area (Å²) in [6.07, 6.45) is 2.43. The van der Waals surface area contributed by atoms with Crippen molar-refractivity contribution in [2.75, 3.05) is 6.61 Å². The fourth-order valence-corrected chi connectivity index (χ4v) is 6.01. The van der Waals surface area contributed by atoms with Crippen molar-refractivity contribution in [1.29, 1.82) is 0 Å². The summed E-state index contributed by atoms with van der Waals surface area (Å²) in [5, 5.41) is -0.596. The van der Waals surface area contributed by atoms with E-state index in [9.17, 15) is 13.2 Å². The van der Waals surface area contributed by atoms with Gasteiger partial charge in [-0.2, -0.15) is 0 Å². The molecule has 0 aromatic heterocycles. The van der Waals surface area contributed by atoms with Crippen molar-refractivity contribution in [1.82, 2.24) is 0 Å². The van der Waals surface area contributed by atoms with E-state index in [4.69, 9.17) is 4.74 Å². The number of Topliss-reactive ketones (excluding diaryl/α,β-unsaturated/α-hetero) is 1. The van der Waals surface area contributed by atoms with Gasteiger partial charge in [-0.1, -0.05) is 0 Å². The predicted octanol–water partition coefficient (Wildman–Crippen LogP) is 2.62. The predicted molar refractivity (Wildman–Crippen MR) is 80.4 cm³/mol. The second-order valence-electron chi connectivity index (χ2n) is 5.90. The summed E-state index contributed by atoms with van der Waals surface area (Å²) >= 11 is 0. The summed E-state index contributed by atoms with van der Waals surface area (Å²) in [4.78, 5) is 12.6. The van der Waals surface area contributed by atoms with Crippen LogP contribution in [0.1, 0.15) is 43.0 Å². The highest BCUT2D eigenvalue weighted by atomic mass is 32.2. The zero-order valence-corrected chi connectivity index (χ0v) is 12.9. The number of carbonyl (C=O) groups excluding carboxylic acids is 1. The molecule has 0 spiro atoms. The Morgan fingerprint density at radius 3 is 2.24 bits per heavy atom. The number of hydrogen-bond acceptors (Lipinski definition) is 4. The number of hydrogen-bond donors (Lipinski definition) is 0. The van der Waals surface area contributed by atoms with Crippen LogP contribution in [0.4, 0.5) is 0 Å². The van der Waals surface area contributed by atoms with E-state index in [0.717, 1.165) is 18.6 Å². The van der Waals surface area contributed by atoms with Gasteiger partial charge in [-0.05, 0) is 56.9 Å². The van der Waals surface area contributed by atoms with E-state index in [-0.39, 0.29) is 22.2 Å². The average molecular weight is 308 g/mol. The van der Waals surface area contributed by atoms with Gasteiger partial charge in [0, 0.05) is 11.5 Å². The number of carbonyl (C=O) groups is 1. The molecule has 2 fully saturated rings. The smallest absolute Gasteiger partial charge is 0.166 e. The van der Waals surface area contributed by atoms with Crippen LogP contribution in [0.3, 0.4) is 0 Å². The SMILES string of the molecule is CCOc1ccc(C(=O)C2CC3CCC(C2)S3(=O)=O)cc1. The summed E-state index contributed by atoms with van der Waals surface area (Å²) in [7, 11) is -2.96. The maximum absolute atomic E-state index is 12.6. The molecule has 0 radical (unpaired) electrons. The van der Waals surface area contributed by atoms with Crippen molar-refractivity contribution >= 4 is 15.6 Å². The molecule has 2 aliphatic rings. The first-order chi connectivity index (χ1) is 10.0. The molecule has 4 nitrogen and oxygen atoms in total. The average Bonchev–Trinajstić information content (AvgIpc) is 2.67. The topological polar surface area (TPSA) is 60.4 Å². The lowest BCUT2D eigenvalue weighted by molar-refractivity contribution is 0.0905. The minimum absolute atomic E-state index is 0.0739. The Hall–Kier alpha value is -1.36. The molecule has 1 aromatic rings. The van der Waals surface area contributed by atoms with Crippen LogP contribution in [-0.4, -0.2) is 31.3 Å². The number of sulfone groups is 1. The lowest BCUT2D eigenvalue weighted by Gasteiger charge is -2.27. The van der Waals surface area contributed by atoms with Crippen LogP contribution in [0.5, 0.6) is 5.75 Å². The van der Waals surface area contributed by atoms with E-state index < -0.39 is 9.84 Å². The number of rotatable bonds is 4. The molecule has 2 unspecified atom stereocenters. The number of benzene rings is 1. The van der Waals surface area contributed by atoms with Crippen molar-refractivity contribution in [3.05, 3.63) is 29.8 Å². The first-order valence-electron chi connectivity index (χ1n) is 7.52. The number of fused-ring (bicyclic) bond motifs is 2. The van der Waals surface area contributed by atoms with Gasteiger partial charge in [-0.3, -0.25) is 4.79 Å². The van der Waals surface area contributed by atoms with E-state index in [2.05, 4.69) is 0 Å². The molecular weight excluding hydrogens is 288 g/mol. The molecule has 21 heavy (non-hydrogen) atoms. The highest BCUT2D eigenvalue weighted by molar-refractivity contribution is 7.93. The van der Waals surface area contributed by atoms with Crippen molar-refractivity contribution in [2.45, 2.75) is 43.1 Å². The van der Waals surface area contributed by atoms with Gasteiger partial charge in [0.05, 0.1) is 17.1 Å². The Bertz CT molecular complexity index is 613. The van der Waals surface area contributed by atoms with Crippen LogP contribution in [0.2, 0.25) is 0 Å². The van der Waals surface area contributed by atoms with Crippen LogP contribution in [0.15, 0.2) is 24.3 Å². The van der Waals surface area contributed by atoms with Gasteiger partial charge in [0.25, 0.3) is 0 Å². The number of ketones is 1. The van der Waals surface area contributed by atoms with Crippen molar-refractivity contribution in [3.63, 3.8) is 0 Å². The van der Waals surface area contributed by atoms with Gasteiger partial charge in [-0.25, -0.2) is 8.42 Å². The van der Waals surface area contributed by atoms with Crippen molar-refractivity contribution < 1.29 is 17.9 Å². The second kappa shape index (κ2) is 5.44. The van der Waals surface area contributed by atoms with E-state index in [1.54, 1.807) is 24.3 Å². The van der Waals surface area contributed by atoms with Gasteiger partial charge >= 0.3 is 0 Å². The van der Waals surface area contributed by atoms with Gasteiger partial charge in [0.2, 0.25) is 0 Å². The fraction of sp³-hybridized carbons (Fsp3) is 0.562. The van der Waals surface area contributed by atoms with Crippen molar-refractivity contribution in [3.8, 4) is 5.75 Å². The van der Waals surface area contributed by atoms with Gasteiger partial charge in [0.1, 0.15) is 5.75 Å². The molecule has 2 aliphatic heterocycles. The molecule has 114 valence electrons. The van der Waals surface area contributed by atoms with E-state index >= 15 is 0 Å². The van der Waals surface area contributed by atoms with Crippen molar-refractivity contribution in [2.24, 2.45) is 5.92 Å². The summed E-state index contributed by atoms with van der Waals surface area (Å²) in [5.41, 5.74) is 0.655. The Morgan fingerprint density at radius 2 is 1.71 bits per heavy atom. The van der Waals surface area contributed by atoms with Crippen LogP contribution in [0, 0.1) is 5.92 Å². The number of ether oxygens (including phenoxy) is 1. The molecule has 5 heteroatoms. The summed E-state index contributed by atoms with van der Waals surface area (Å²) in [5.74, 6) is 0.675. The Kier molecular flexibility index (Phi) is 3.78. The quantitative estimate of drug-likeness (QED) is 0.802. The molecule has 2 heterocycles. The third-order valence-corrected chi connectivity index (χ3v) is 7.37.